The topological polar surface area (TPSA) is 32.7 Å². The molecule has 0 spiro atoms. The molecule has 1 saturated heterocycles. The van der Waals surface area contributed by atoms with E-state index in [0.29, 0.717) is 12.5 Å². The van der Waals surface area contributed by atoms with Crippen molar-refractivity contribution in [3.63, 3.8) is 0 Å². The fraction of sp³-hybridized carbons (Fsp3) is 0.571. The molecule has 0 aromatic heterocycles. The molecule has 3 nitrogen and oxygen atoms in total. The lowest BCUT2D eigenvalue weighted by Gasteiger charge is -2.35. The van der Waals surface area contributed by atoms with Crippen LogP contribution < -0.4 is 4.90 Å². The molecule has 3 heteroatoms. The Labute approximate surface area is 103 Å². The van der Waals surface area contributed by atoms with Crippen LogP contribution in [0.15, 0.2) is 24.3 Å². The summed E-state index contributed by atoms with van der Waals surface area (Å²) in [7, 11) is 0. The predicted octanol–water partition coefficient (Wildman–Crippen LogP) is 2.01. The quantitative estimate of drug-likeness (QED) is 0.870. The van der Waals surface area contributed by atoms with Gasteiger partial charge in [0.15, 0.2) is 0 Å². The highest BCUT2D eigenvalue weighted by molar-refractivity contribution is 5.55. The molecule has 17 heavy (non-hydrogen) atoms. The number of aliphatic hydroxyl groups excluding tert-OH is 1. The van der Waals surface area contributed by atoms with Crippen LogP contribution in [0.1, 0.15) is 25.3 Å². The number of anilines is 1. The molecule has 0 amide bonds. The third kappa shape index (κ3) is 2.79. The van der Waals surface area contributed by atoms with E-state index in [9.17, 15) is 5.11 Å². The second-order valence-corrected chi connectivity index (χ2v) is 4.83. The SMILES string of the molecule is CC(C)c1ccccc1N1CCOC(CO)C1. The maximum absolute atomic E-state index is 9.18. The van der Waals surface area contributed by atoms with Crippen LogP contribution in [0.4, 0.5) is 5.69 Å². The molecule has 0 bridgehead atoms. The molecule has 1 fully saturated rings. The fourth-order valence-electron chi connectivity index (χ4n) is 2.31. The molecule has 1 N–H and O–H groups in total. The van der Waals surface area contributed by atoms with E-state index in [-0.39, 0.29) is 12.7 Å². The molecule has 0 saturated carbocycles. The Hall–Kier alpha value is -1.06. The zero-order valence-corrected chi connectivity index (χ0v) is 10.6. The van der Waals surface area contributed by atoms with Gasteiger partial charge in [0.05, 0.1) is 19.3 Å². The van der Waals surface area contributed by atoms with Crippen LogP contribution >= 0.6 is 0 Å². The summed E-state index contributed by atoms with van der Waals surface area (Å²) >= 11 is 0. The summed E-state index contributed by atoms with van der Waals surface area (Å²) in [5.74, 6) is 0.515. The van der Waals surface area contributed by atoms with Gasteiger partial charge in [-0.1, -0.05) is 32.0 Å². The van der Waals surface area contributed by atoms with Gasteiger partial charge >= 0.3 is 0 Å². The Balaban J connectivity index is 2.21. The van der Waals surface area contributed by atoms with Gasteiger partial charge in [-0.05, 0) is 17.5 Å². The number of para-hydroxylation sites is 1. The van der Waals surface area contributed by atoms with Gasteiger partial charge in [0, 0.05) is 18.8 Å². The number of hydrogen-bond acceptors (Lipinski definition) is 3. The summed E-state index contributed by atoms with van der Waals surface area (Å²) in [6.45, 7) is 6.89. The Morgan fingerprint density at radius 3 is 2.88 bits per heavy atom. The third-order valence-electron chi connectivity index (χ3n) is 3.24. The zero-order chi connectivity index (χ0) is 12.3. The lowest BCUT2D eigenvalue weighted by Crippen LogP contribution is -2.44. The van der Waals surface area contributed by atoms with E-state index in [1.165, 1.54) is 11.3 Å². The highest BCUT2D eigenvalue weighted by Gasteiger charge is 2.21. The predicted molar refractivity (Wildman–Crippen MR) is 69.6 cm³/mol. The first-order valence-electron chi connectivity index (χ1n) is 6.28. The molecule has 1 aliphatic rings. The first-order valence-corrected chi connectivity index (χ1v) is 6.28. The molecule has 1 aromatic rings. The number of benzene rings is 1. The summed E-state index contributed by atoms with van der Waals surface area (Å²) in [6, 6.07) is 8.51. The Kier molecular flexibility index (Phi) is 4.02. The van der Waals surface area contributed by atoms with Crippen molar-refractivity contribution in [3.8, 4) is 0 Å². The van der Waals surface area contributed by atoms with Crippen LogP contribution in [-0.2, 0) is 4.74 Å². The number of ether oxygens (including phenoxy) is 1. The van der Waals surface area contributed by atoms with Crippen LogP contribution in [0.2, 0.25) is 0 Å². The standard InChI is InChI=1S/C14H21NO2/c1-11(2)13-5-3-4-6-14(13)15-7-8-17-12(9-15)10-16/h3-6,11-12,16H,7-10H2,1-2H3. The van der Waals surface area contributed by atoms with E-state index in [2.05, 4.69) is 43.0 Å². The molecule has 0 radical (unpaired) electrons. The Bertz CT molecular complexity index is 365. The molecule has 1 aromatic carbocycles. The van der Waals surface area contributed by atoms with Crippen molar-refractivity contribution in [2.24, 2.45) is 0 Å². The zero-order valence-electron chi connectivity index (χ0n) is 10.6. The van der Waals surface area contributed by atoms with E-state index in [1.54, 1.807) is 0 Å². The van der Waals surface area contributed by atoms with Gasteiger partial charge in [0.2, 0.25) is 0 Å². The van der Waals surface area contributed by atoms with Crippen molar-refractivity contribution in [1.82, 2.24) is 0 Å². The monoisotopic (exact) mass is 235 g/mol. The molecule has 0 aliphatic carbocycles. The number of hydrogen-bond donors (Lipinski definition) is 1. The maximum Gasteiger partial charge on any atom is 0.0980 e. The third-order valence-corrected chi connectivity index (χ3v) is 3.24. The first-order chi connectivity index (χ1) is 8.22. The average Bonchev–Trinajstić information content (AvgIpc) is 2.39. The van der Waals surface area contributed by atoms with Gasteiger partial charge in [-0.2, -0.15) is 0 Å². The van der Waals surface area contributed by atoms with E-state index in [4.69, 9.17) is 4.74 Å². The first kappa shape index (κ1) is 12.4. The Morgan fingerprint density at radius 1 is 1.41 bits per heavy atom. The summed E-state index contributed by atoms with van der Waals surface area (Å²) in [5.41, 5.74) is 2.65. The van der Waals surface area contributed by atoms with Crippen LogP contribution in [0.5, 0.6) is 0 Å². The van der Waals surface area contributed by atoms with Gasteiger partial charge in [-0.15, -0.1) is 0 Å². The van der Waals surface area contributed by atoms with E-state index in [1.807, 2.05) is 0 Å². The molecule has 1 aliphatic heterocycles. The van der Waals surface area contributed by atoms with Gasteiger partial charge in [-0.3, -0.25) is 0 Å². The van der Waals surface area contributed by atoms with E-state index in [0.717, 1.165) is 13.1 Å². The maximum atomic E-state index is 9.18. The smallest absolute Gasteiger partial charge is 0.0980 e. The highest BCUT2D eigenvalue weighted by Crippen LogP contribution is 2.28. The lowest BCUT2D eigenvalue weighted by atomic mass is 10.00. The van der Waals surface area contributed by atoms with Crippen molar-refractivity contribution in [2.45, 2.75) is 25.9 Å². The second-order valence-electron chi connectivity index (χ2n) is 4.83. The summed E-state index contributed by atoms with van der Waals surface area (Å²) in [5, 5.41) is 9.18. The lowest BCUT2D eigenvalue weighted by molar-refractivity contribution is 0.00352. The van der Waals surface area contributed by atoms with Crippen molar-refractivity contribution >= 4 is 5.69 Å². The summed E-state index contributed by atoms with van der Waals surface area (Å²) in [6.07, 6.45) is -0.0519. The molecule has 1 atom stereocenters. The number of aliphatic hydroxyl groups is 1. The molecule has 2 rings (SSSR count). The minimum Gasteiger partial charge on any atom is -0.394 e. The van der Waals surface area contributed by atoms with Crippen molar-refractivity contribution in [1.29, 1.82) is 0 Å². The highest BCUT2D eigenvalue weighted by atomic mass is 16.5. The number of nitrogens with zero attached hydrogens (tertiary/aromatic N) is 1. The molecular weight excluding hydrogens is 214 g/mol. The van der Waals surface area contributed by atoms with Gasteiger partial charge in [0.25, 0.3) is 0 Å². The molecule has 1 heterocycles. The Morgan fingerprint density at radius 2 is 2.18 bits per heavy atom. The van der Waals surface area contributed by atoms with Crippen molar-refractivity contribution in [3.05, 3.63) is 29.8 Å². The van der Waals surface area contributed by atoms with Crippen molar-refractivity contribution in [2.75, 3.05) is 31.2 Å². The molecule has 94 valence electrons. The van der Waals surface area contributed by atoms with Gasteiger partial charge in [-0.25, -0.2) is 0 Å². The minimum absolute atomic E-state index is 0.0519. The fourth-order valence-corrected chi connectivity index (χ4v) is 2.31. The summed E-state index contributed by atoms with van der Waals surface area (Å²) in [4.78, 5) is 2.32. The van der Waals surface area contributed by atoms with E-state index >= 15 is 0 Å². The van der Waals surface area contributed by atoms with Crippen LogP contribution in [0, 0.1) is 0 Å². The van der Waals surface area contributed by atoms with E-state index < -0.39 is 0 Å². The van der Waals surface area contributed by atoms with Crippen LogP contribution in [0.3, 0.4) is 0 Å². The average molecular weight is 235 g/mol. The largest absolute Gasteiger partial charge is 0.394 e. The van der Waals surface area contributed by atoms with Gasteiger partial charge in [0.1, 0.15) is 0 Å². The van der Waals surface area contributed by atoms with Crippen molar-refractivity contribution < 1.29 is 9.84 Å². The minimum atomic E-state index is -0.0519. The normalized spacial score (nSPS) is 20.9. The van der Waals surface area contributed by atoms with Crippen LogP contribution in [-0.4, -0.2) is 37.5 Å². The number of morpholine rings is 1. The summed E-state index contributed by atoms with van der Waals surface area (Å²) < 4.78 is 5.49. The molecule has 1 unspecified atom stereocenters. The molecular formula is C14H21NO2. The van der Waals surface area contributed by atoms with Crippen LogP contribution in [0.25, 0.3) is 0 Å². The number of rotatable bonds is 3. The van der Waals surface area contributed by atoms with Gasteiger partial charge < -0.3 is 14.7 Å². The second kappa shape index (κ2) is 5.52.